The lowest BCUT2D eigenvalue weighted by Gasteiger charge is -2.27. The van der Waals surface area contributed by atoms with Gasteiger partial charge in [0.2, 0.25) is 5.91 Å². The molecule has 0 saturated heterocycles. The van der Waals surface area contributed by atoms with E-state index >= 15 is 0 Å². The van der Waals surface area contributed by atoms with Crippen LogP contribution in [0.1, 0.15) is 28.2 Å². The van der Waals surface area contributed by atoms with Gasteiger partial charge in [0.15, 0.2) is 5.76 Å². The number of hydrogen-bond acceptors (Lipinski definition) is 3. The van der Waals surface area contributed by atoms with Crippen molar-refractivity contribution >= 4 is 22.7 Å². The molecule has 0 unspecified atom stereocenters. The summed E-state index contributed by atoms with van der Waals surface area (Å²) in [7, 11) is 0. The second-order valence-corrected chi connectivity index (χ2v) is 6.18. The molecule has 0 atom stereocenters. The number of para-hydroxylation sites is 1. The molecule has 6 heteroatoms. The van der Waals surface area contributed by atoms with Crippen molar-refractivity contribution in [2.75, 3.05) is 13.1 Å². The van der Waals surface area contributed by atoms with Gasteiger partial charge < -0.3 is 19.6 Å². The van der Waals surface area contributed by atoms with Gasteiger partial charge in [0.05, 0.1) is 6.26 Å². The predicted molar refractivity (Wildman–Crippen MR) is 93.1 cm³/mol. The van der Waals surface area contributed by atoms with Crippen molar-refractivity contribution in [2.45, 2.75) is 19.4 Å². The average molecular weight is 337 g/mol. The van der Waals surface area contributed by atoms with Crippen LogP contribution in [0.2, 0.25) is 0 Å². The number of carbonyl (C=O) groups is 2. The Kier molecular flexibility index (Phi) is 4.01. The highest BCUT2D eigenvalue weighted by Gasteiger charge is 2.23. The van der Waals surface area contributed by atoms with E-state index in [0.29, 0.717) is 19.6 Å². The van der Waals surface area contributed by atoms with E-state index in [1.165, 1.54) is 22.9 Å². The van der Waals surface area contributed by atoms with E-state index in [-0.39, 0.29) is 24.0 Å². The van der Waals surface area contributed by atoms with Gasteiger partial charge in [0.25, 0.3) is 5.91 Å². The maximum Gasteiger partial charge on any atom is 0.286 e. The SMILES string of the molecule is O=C(NCCC(=O)N1CCc2[nH]c3ccccc3c2C1)c1ccco1. The molecule has 0 saturated carbocycles. The zero-order valence-electron chi connectivity index (χ0n) is 13.7. The van der Waals surface area contributed by atoms with E-state index in [4.69, 9.17) is 4.42 Å². The van der Waals surface area contributed by atoms with Crippen LogP contribution in [0, 0.1) is 0 Å². The molecule has 0 bridgehead atoms. The number of aromatic amines is 1. The minimum atomic E-state index is -0.296. The highest BCUT2D eigenvalue weighted by atomic mass is 16.3. The lowest BCUT2D eigenvalue weighted by Crippen LogP contribution is -2.37. The monoisotopic (exact) mass is 337 g/mol. The number of nitrogens with zero attached hydrogens (tertiary/aromatic N) is 1. The van der Waals surface area contributed by atoms with Crippen molar-refractivity contribution in [1.82, 2.24) is 15.2 Å². The molecule has 2 amide bonds. The molecule has 3 heterocycles. The van der Waals surface area contributed by atoms with Crippen molar-refractivity contribution < 1.29 is 14.0 Å². The summed E-state index contributed by atoms with van der Waals surface area (Å²) in [6.45, 7) is 1.62. The summed E-state index contributed by atoms with van der Waals surface area (Å²) in [4.78, 5) is 29.6. The fourth-order valence-corrected chi connectivity index (χ4v) is 3.32. The first-order valence-corrected chi connectivity index (χ1v) is 8.40. The van der Waals surface area contributed by atoms with Crippen LogP contribution in [0.15, 0.2) is 47.1 Å². The molecule has 1 aliphatic rings. The van der Waals surface area contributed by atoms with Crippen LogP contribution in [0.25, 0.3) is 10.9 Å². The Balaban J connectivity index is 1.36. The lowest BCUT2D eigenvalue weighted by atomic mass is 10.0. The number of benzene rings is 1. The van der Waals surface area contributed by atoms with Crippen LogP contribution in [-0.2, 0) is 17.8 Å². The second kappa shape index (κ2) is 6.47. The molecule has 0 radical (unpaired) electrons. The first-order chi connectivity index (χ1) is 12.2. The molecular formula is C19H19N3O3. The summed E-state index contributed by atoms with van der Waals surface area (Å²) >= 11 is 0. The average Bonchev–Trinajstić information content (AvgIpc) is 3.28. The third-order valence-electron chi connectivity index (χ3n) is 4.60. The molecule has 25 heavy (non-hydrogen) atoms. The zero-order valence-corrected chi connectivity index (χ0v) is 13.7. The highest BCUT2D eigenvalue weighted by molar-refractivity contribution is 5.91. The minimum Gasteiger partial charge on any atom is -0.459 e. The molecule has 0 fully saturated rings. The molecule has 3 aromatic rings. The zero-order chi connectivity index (χ0) is 17.2. The number of H-pyrrole nitrogens is 1. The molecule has 2 aromatic heterocycles. The molecule has 1 aromatic carbocycles. The van der Waals surface area contributed by atoms with Crippen LogP contribution in [0.4, 0.5) is 0 Å². The fourth-order valence-electron chi connectivity index (χ4n) is 3.32. The van der Waals surface area contributed by atoms with Gasteiger partial charge in [0, 0.05) is 54.6 Å². The molecule has 4 rings (SSSR count). The van der Waals surface area contributed by atoms with E-state index in [0.717, 1.165) is 11.9 Å². The van der Waals surface area contributed by atoms with E-state index in [9.17, 15) is 9.59 Å². The van der Waals surface area contributed by atoms with Crippen molar-refractivity contribution in [3.05, 3.63) is 59.7 Å². The summed E-state index contributed by atoms with van der Waals surface area (Å²) in [5, 5.41) is 3.89. The van der Waals surface area contributed by atoms with Crippen LogP contribution in [-0.4, -0.2) is 34.8 Å². The normalized spacial score (nSPS) is 13.7. The Labute approximate surface area is 144 Å². The summed E-state index contributed by atoms with van der Waals surface area (Å²) in [5.74, 6) is 0.0138. The van der Waals surface area contributed by atoms with Gasteiger partial charge in [-0.1, -0.05) is 18.2 Å². The first-order valence-electron chi connectivity index (χ1n) is 8.40. The molecule has 0 spiro atoms. The smallest absolute Gasteiger partial charge is 0.286 e. The van der Waals surface area contributed by atoms with Gasteiger partial charge in [-0.15, -0.1) is 0 Å². The number of hydrogen-bond donors (Lipinski definition) is 2. The van der Waals surface area contributed by atoms with E-state index in [1.807, 2.05) is 17.0 Å². The second-order valence-electron chi connectivity index (χ2n) is 6.18. The Hall–Kier alpha value is -3.02. The van der Waals surface area contributed by atoms with Gasteiger partial charge in [0.1, 0.15) is 0 Å². The summed E-state index contributed by atoms with van der Waals surface area (Å²) in [6, 6.07) is 11.4. The van der Waals surface area contributed by atoms with Crippen LogP contribution < -0.4 is 5.32 Å². The Morgan fingerprint density at radius 3 is 2.92 bits per heavy atom. The van der Waals surface area contributed by atoms with Crippen molar-refractivity contribution in [3.8, 4) is 0 Å². The first kappa shape index (κ1) is 15.5. The number of furan rings is 1. The Morgan fingerprint density at radius 1 is 1.20 bits per heavy atom. The van der Waals surface area contributed by atoms with E-state index in [2.05, 4.69) is 22.4 Å². The molecule has 128 valence electrons. The molecule has 0 aliphatic carbocycles. The van der Waals surface area contributed by atoms with Crippen LogP contribution in [0.5, 0.6) is 0 Å². The molecule has 1 aliphatic heterocycles. The number of amides is 2. The van der Waals surface area contributed by atoms with Gasteiger partial charge in [-0.3, -0.25) is 9.59 Å². The number of fused-ring (bicyclic) bond motifs is 3. The van der Waals surface area contributed by atoms with Gasteiger partial charge in [-0.2, -0.15) is 0 Å². The maximum absolute atomic E-state index is 12.5. The van der Waals surface area contributed by atoms with Crippen LogP contribution in [0.3, 0.4) is 0 Å². The van der Waals surface area contributed by atoms with Crippen molar-refractivity contribution in [1.29, 1.82) is 0 Å². The quantitative estimate of drug-likeness (QED) is 0.768. The van der Waals surface area contributed by atoms with Crippen LogP contribution >= 0.6 is 0 Å². The number of aromatic nitrogens is 1. The molecule has 2 N–H and O–H groups in total. The van der Waals surface area contributed by atoms with E-state index < -0.39 is 0 Å². The largest absolute Gasteiger partial charge is 0.459 e. The standard InChI is InChI=1S/C19H19N3O3/c23-18(7-9-20-19(24)17-6-3-11-25-17)22-10-8-16-14(12-22)13-4-1-2-5-15(13)21-16/h1-6,11,21H,7-10,12H2,(H,20,24). The summed E-state index contributed by atoms with van der Waals surface area (Å²) in [6.07, 6.45) is 2.56. The van der Waals surface area contributed by atoms with Crippen molar-refractivity contribution in [3.63, 3.8) is 0 Å². The van der Waals surface area contributed by atoms with Gasteiger partial charge >= 0.3 is 0 Å². The van der Waals surface area contributed by atoms with Gasteiger partial charge in [-0.05, 0) is 18.2 Å². The topological polar surface area (TPSA) is 78.3 Å². The number of carbonyl (C=O) groups excluding carboxylic acids is 2. The van der Waals surface area contributed by atoms with Crippen molar-refractivity contribution in [2.24, 2.45) is 0 Å². The minimum absolute atomic E-state index is 0.0516. The molecular weight excluding hydrogens is 318 g/mol. The number of rotatable bonds is 4. The maximum atomic E-state index is 12.5. The fraction of sp³-hybridized carbons (Fsp3) is 0.263. The third kappa shape index (κ3) is 3.03. The third-order valence-corrected chi connectivity index (χ3v) is 4.60. The summed E-state index contributed by atoms with van der Waals surface area (Å²) in [5.41, 5.74) is 3.54. The Bertz CT molecular complexity index is 911. The van der Waals surface area contributed by atoms with E-state index in [1.54, 1.807) is 12.1 Å². The summed E-state index contributed by atoms with van der Waals surface area (Å²) < 4.78 is 5.03. The predicted octanol–water partition coefficient (Wildman–Crippen LogP) is 2.47. The lowest BCUT2D eigenvalue weighted by molar-refractivity contribution is -0.131. The van der Waals surface area contributed by atoms with Gasteiger partial charge in [-0.25, -0.2) is 0 Å². The Morgan fingerprint density at radius 2 is 2.08 bits per heavy atom. The molecule has 6 nitrogen and oxygen atoms in total. The number of nitrogens with one attached hydrogen (secondary N) is 2. The highest BCUT2D eigenvalue weighted by Crippen LogP contribution is 2.27.